The molecule has 1 heterocycles. The van der Waals surface area contributed by atoms with Crippen molar-refractivity contribution < 1.29 is 0 Å². The molecule has 1 N–H and O–H groups in total. The molecule has 0 bridgehead atoms. The smallest absolute Gasteiger partial charge is 0.0414 e. The maximum Gasteiger partial charge on any atom is 0.0414 e. The molecule has 2 unspecified atom stereocenters. The van der Waals surface area contributed by atoms with Crippen LogP contribution in [0.25, 0.3) is 0 Å². The molecule has 2 atom stereocenters. The molecule has 0 aliphatic carbocycles. The van der Waals surface area contributed by atoms with Crippen molar-refractivity contribution in [1.82, 2.24) is 5.32 Å². The molecule has 2 rings (SSSR count). The van der Waals surface area contributed by atoms with E-state index in [2.05, 4.69) is 55.4 Å². The number of aryl methyl sites for hydroxylation is 1. The predicted molar refractivity (Wildman–Crippen MR) is 70.0 cm³/mol. The number of anilines is 1. The van der Waals surface area contributed by atoms with Crippen LogP contribution in [-0.4, -0.2) is 26.2 Å². The summed E-state index contributed by atoms with van der Waals surface area (Å²) < 4.78 is 0. The number of rotatable bonds is 2. The van der Waals surface area contributed by atoms with Gasteiger partial charge in [0.1, 0.15) is 0 Å². The number of benzene rings is 1. The average Bonchev–Trinajstić information content (AvgIpc) is 2.28. The minimum atomic E-state index is 0.630. The Morgan fingerprint density at radius 3 is 2.81 bits per heavy atom. The summed E-state index contributed by atoms with van der Waals surface area (Å²) in [6, 6.07) is 9.39. The van der Waals surface area contributed by atoms with E-state index in [0.717, 1.165) is 19.0 Å². The van der Waals surface area contributed by atoms with Gasteiger partial charge < -0.3 is 10.2 Å². The van der Waals surface area contributed by atoms with Gasteiger partial charge >= 0.3 is 0 Å². The van der Waals surface area contributed by atoms with Crippen LogP contribution in [0.3, 0.4) is 0 Å². The van der Waals surface area contributed by atoms with Gasteiger partial charge in [-0.05, 0) is 43.5 Å². The standard InChI is InChI=1S/C14H22N2/c1-11-5-4-6-13(7-11)16(3)14-8-12(2)9-15-10-14/h4-7,12,14-15H,8-10H2,1-3H3. The van der Waals surface area contributed by atoms with Crippen molar-refractivity contribution >= 4 is 5.69 Å². The molecule has 1 aromatic rings. The average molecular weight is 218 g/mol. The molecule has 0 saturated carbocycles. The molecule has 88 valence electrons. The highest BCUT2D eigenvalue weighted by atomic mass is 15.2. The Bertz CT molecular complexity index is 348. The molecular weight excluding hydrogens is 196 g/mol. The highest BCUT2D eigenvalue weighted by molar-refractivity contribution is 5.48. The van der Waals surface area contributed by atoms with E-state index in [1.807, 2.05) is 0 Å². The fourth-order valence-electron chi connectivity index (χ4n) is 2.48. The van der Waals surface area contributed by atoms with Crippen LogP contribution < -0.4 is 10.2 Å². The first kappa shape index (κ1) is 11.5. The van der Waals surface area contributed by atoms with Crippen molar-refractivity contribution in [3.8, 4) is 0 Å². The summed E-state index contributed by atoms with van der Waals surface area (Å²) in [4.78, 5) is 2.41. The SMILES string of the molecule is Cc1cccc(N(C)C2CNCC(C)C2)c1. The maximum absolute atomic E-state index is 3.51. The summed E-state index contributed by atoms with van der Waals surface area (Å²) in [5, 5.41) is 3.51. The second kappa shape index (κ2) is 4.88. The minimum Gasteiger partial charge on any atom is -0.370 e. The Hall–Kier alpha value is -1.02. The lowest BCUT2D eigenvalue weighted by Crippen LogP contribution is -2.47. The zero-order valence-electron chi connectivity index (χ0n) is 10.5. The molecule has 16 heavy (non-hydrogen) atoms. The highest BCUT2D eigenvalue weighted by Crippen LogP contribution is 2.21. The largest absolute Gasteiger partial charge is 0.370 e. The van der Waals surface area contributed by atoms with Crippen LogP contribution >= 0.6 is 0 Å². The first-order chi connectivity index (χ1) is 7.66. The van der Waals surface area contributed by atoms with Gasteiger partial charge in [-0.25, -0.2) is 0 Å². The molecule has 2 heteroatoms. The summed E-state index contributed by atoms with van der Waals surface area (Å²) >= 11 is 0. The summed E-state index contributed by atoms with van der Waals surface area (Å²) in [7, 11) is 2.21. The summed E-state index contributed by atoms with van der Waals surface area (Å²) in [6.45, 7) is 6.75. The van der Waals surface area contributed by atoms with Crippen molar-refractivity contribution in [1.29, 1.82) is 0 Å². The number of piperidine rings is 1. The van der Waals surface area contributed by atoms with Crippen LogP contribution in [0.1, 0.15) is 18.9 Å². The Morgan fingerprint density at radius 1 is 1.31 bits per heavy atom. The van der Waals surface area contributed by atoms with Crippen LogP contribution in [0.5, 0.6) is 0 Å². The third kappa shape index (κ3) is 2.56. The Balaban J connectivity index is 2.09. The lowest BCUT2D eigenvalue weighted by Gasteiger charge is -2.36. The van der Waals surface area contributed by atoms with Gasteiger partial charge in [0, 0.05) is 25.3 Å². The molecular formula is C14H22N2. The molecule has 0 amide bonds. The van der Waals surface area contributed by atoms with Gasteiger partial charge in [0.05, 0.1) is 0 Å². The topological polar surface area (TPSA) is 15.3 Å². The molecule has 1 aliphatic heterocycles. The number of likely N-dealkylation sites (N-methyl/N-ethyl adjacent to an activating group) is 1. The fraction of sp³-hybridized carbons (Fsp3) is 0.571. The number of nitrogens with zero attached hydrogens (tertiary/aromatic N) is 1. The zero-order chi connectivity index (χ0) is 11.5. The first-order valence-electron chi connectivity index (χ1n) is 6.17. The van der Waals surface area contributed by atoms with Crippen LogP contribution in [-0.2, 0) is 0 Å². The monoisotopic (exact) mass is 218 g/mol. The predicted octanol–water partition coefficient (Wildman–Crippen LogP) is 2.43. The van der Waals surface area contributed by atoms with Gasteiger partial charge in [0.15, 0.2) is 0 Å². The Labute approximate surface area is 98.7 Å². The molecule has 1 saturated heterocycles. The first-order valence-corrected chi connectivity index (χ1v) is 6.17. The zero-order valence-corrected chi connectivity index (χ0v) is 10.5. The number of hydrogen-bond donors (Lipinski definition) is 1. The van der Waals surface area contributed by atoms with Gasteiger partial charge in [-0.2, -0.15) is 0 Å². The lowest BCUT2D eigenvalue weighted by atomic mass is 9.96. The van der Waals surface area contributed by atoms with E-state index in [9.17, 15) is 0 Å². The molecule has 0 radical (unpaired) electrons. The van der Waals surface area contributed by atoms with E-state index in [-0.39, 0.29) is 0 Å². The van der Waals surface area contributed by atoms with E-state index in [0.29, 0.717) is 6.04 Å². The van der Waals surface area contributed by atoms with E-state index >= 15 is 0 Å². The van der Waals surface area contributed by atoms with Gasteiger partial charge in [-0.15, -0.1) is 0 Å². The third-order valence-corrected chi connectivity index (χ3v) is 3.50. The lowest BCUT2D eigenvalue weighted by molar-refractivity contribution is 0.355. The van der Waals surface area contributed by atoms with Crippen molar-refractivity contribution in [2.45, 2.75) is 26.3 Å². The summed E-state index contributed by atoms with van der Waals surface area (Å²) in [5.74, 6) is 0.783. The van der Waals surface area contributed by atoms with Crippen LogP contribution in [0, 0.1) is 12.8 Å². The number of hydrogen-bond acceptors (Lipinski definition) is 2. The Morgan fingerprint density at radius 2 is 2.12 bits per heavy atom. The van der Waals surface area contributed by atoms with E-state index in [4.69, 9.17) is 0 Å². The van der Waals surface area contributed by atoms with E-state index < -0.39 is 0 Å². The van der Waals surface area contributed by atoms with Crippen molar-refractivity contribution in [2.75, 3.05) is 25.0 Å². The molecule has 0 spiro atoms. The summed E-state index contributed by atoms with van der Waals surface area (Å²) in [6.07, 6.45) is 1.29. The van der Waals surface area contributed by atoms with Gasteiger partial charge in [-0.3, -0.25) is 0 Å². The van der Waals surface area contributed by atoms with Crippen LogP contribution in [0.4, 0.5) is 5.69 Å². The number of nitrogens with one attached hydrogen (secondary N) is 1. The fourth-order valence-corrected chi connectivity index (χ4v) is 2.48. The summed E-state index contributed by atoms with van der Waals surface area (Å²) in [5.41, 5.74) is 2.67. The van der Waals surface area contributed by atoms with E-state index in [1.165, 1.54) is 17.7 Å². The molecule has 0 aromatic heterocycles. The van der Waals surface area contributed by atoms with Crippen molar-refractivity contribution in [3.05, 3.63) is 29.8 Å². The van der Waals surface area contributed by atoms with Gasteiger partial charge in [0.25, 0.3) is 0 Å². The van der Waals surface area contributed by atoms with Gasteiger partial charge in [0.2, 0.25) is 0 Å². The minimum absolute atomic E-state index is 0.630. The normalized spacial score (nSPS) is 25.4. The van der Waals surface area contributed by atoms with Crippen molar-refractivity contribution in [2.24, 2.45) is 5.92 Å². The second-order valence-corrected chi connectivity index (χ2v) is 5.10. The van der Waals surface area contributed by atoms with E-state index in [1.54, 1.807) is 0 Å². The molecule has 1 aliphatic rings. The van der Waals surface area contributed by atoms with Crippen LogP contribution in [0.2, 0.25) is 0 Å². The molecule has 1 fully saturated rings. The third-order valence-electron chi connectivity index (χ3n) is 3.50. The second-order valence-electron chi connectivity index (χ2n) is 5.10. The maximum atomic E-state index is 3.51. The highest BCUT2D eigenvalue weighted by Gasteiger charge is 2.22. The molecule has 2 nitrogen and oxygen atoms in total. The Kier molecular flexibility index (Phi) is 3.49. The quantitative estimate of drug-likeness (QED) is 0.820. The van der Waals surface area contributed by atoms with Gasteiger partial charge in [-0.1, -0.05) is 19.1 Å². The molecule has 1 aromatic carbocycles. The van der Waals surface area contributed by atoms with Crippen LogP contribution in [0.15, 0.2) is 24.3 Å². The van der Waals surface area contributed by atoms with Crippen molar-refractivity contribution in [3.63, 3.8) is 0 Å².